The zero-order chi connectivity index (χ0) is 17.2. The molecule has 0 spiro atoms. The fourth-order valence-electron chi connectivity index (χ4n) is 0. The standard InChI is InChI=1S/2C5H14N.Cd.2H2Se4/c2*1-5-6(2,3)4;;2*1-3-4-2/h2*5H2,1-4H3;;2*1-2H/q2*+1;+2;;/p-4. The van der Waals surface area contributed by atoms with Gasteiger partial charge in [-0.1, -0.05) is 0 Å². The van der Waals surface area contributed by atoms with Gasteiger partial charge in [0.2, 0.25) is 0 Å². The third-order valence-corrected chi connectivity index (χ3v) is 42.4. The van der Waals surface area contributed by atoms with Crippen LogP contribution >= 0.6 is 0 Å². The molecule has 0 saturated heterocycles. The summed E-state index contributed by atoms with van der Waals surface area (Å²) < 4.78 is 2.14. The van der Waals surface area contributed by atoms with Gasteiger partial charge in [-0.25, -0.2) is 0 Å². The van der Waals surface area contributed by atoms with E-state index in [1.54, 1.807) is 0 Å². The molecule has 21 heavy (non-hydrogen) atoms. The molecule has 2 nitrogen and oxygen atoms in total. The first-order chi connectivity index (χ1) is 8.95. The van der Waals surface area contributed by atoms with E-state index >= 15 is 0 Å². The van der Waals surface area contributed by atoms with Gasteiger partial charge in [-0.15, -0.1) is 0 Å². The van der Waals surface area contributed by atoms with Gasteiger partial charge in [0, 0.05) is 0 Å². The summed E-state index contributed by atoms with van der Waals surface area (Å²) in [5, 5.41) is 0. The van der Waals surface area contributed by atoms with Gasteiger partial charge in [-0.2, -0.15) is 0 Å². The van der Waals surface area contributed by atoms with Crippen LogP contribution in [0, 0.1) is 0 Å². The van der Waals surface area contributed by atoms with Crippen molar-refractivity contribution in [3.05, 3.63) is 0 Å². The number of nitrogens with zero attached hydrogens (tertiary/aromatic N) is 2. The van der Waals surface area contributed by atoms with Crippen LogP contribution in [0.25, 0.3) is 0 Å². The Morgan fingerprint density at radius 1 is 0.571 bits per heavy atom. The normalized spacial score (nSPS) is 9.71. The van der Waals surface area contributed by atoms with Gasteiger partial charge in [0.05, 0.1) is 55.4 Å². The molecule has 0 aliphatic carbocycles. The van der Waals surface area contributed by atoms with Crippen molar-refractivity contribution in [1.29, 1.82) is 0 Å². The van der Waals surface area contributed by atoms with Crippen LogP contribution < -0.4 is 0 Å². The zero-order valence-electron chi connectivity index (χ0n) is 14.3. The summed E-state index contributed by atoms with van der Waals surface area (Å²) in [5.41, 5.74) is 0. The first kappa shape index (κ1) is 36.8. The molecule has 0 aliphatic heterocycles. The van der Waals surface area contributed by atoms with E-state index in [4.69, 9.17) is 0 Å². The van der Waals surface area contributed by atoms with Crippen molar-refractivity contribution < 1.29 is 36.3 Å². The molecule has 11 heteroatoms. The van der Waals surface area contributed by atoms with Crippen molar-refractivity contribution in [2.45, 2.75) is 13.8 Å². The van der Waals surface area contributed by atoms with E-state index < -0.39 is 0 Å². The Kier molecular flexibility index (Phi) is 47.8. The SMILES string of the molecule is CC[N+](C)(C)C.CC[N+](C)(C)C.[Cd+2].[Se-][Se][Se][Se-].[Se-][Se][Se][Se-]. The molecule has 0 aromatic carbocycles. The number of rotatable bonds is 4. The van der Waals surface area contributed by atoms with Gasteiger partial charge in [0.15, 0.2) is 0 Å². The molecular weight excluding hydrogens is 892 g/mol. The van der Waals surface area contributed by atoms with Gasteiger partial charge in [0.1, 0.15) is 0 Å². The zero-order valence-corrected chi connectivity index (χ0v) is 32.0. The Morgan fingerprint density at radius 3 is 0.667 bits per heavy atom. The average Bonchev–Trinajstić information content (AvgIpc) is 2.38. The van der Waals surface area contributed by atoms with Crippen LogP contribution in [-0.2, 0) is 27.3 Å². The molecule has 0 saturated carbocycles. The second-order valence-corrected chi connectivity index (χ2v) is 43.4. The van der Waals surface area contributed by atoms with Crippen LogP contribution in [-0.4, -0.2) is 166 Å². The van der Waals surface area contributed by atoms with Crippen molar-refractivity contribution in [3.63, 3.8) is 0 Å². The molecule has 0 heterocycles. The third-order valence-electron chi connectivity index (χ3n) is 1.95. The Balaban J connectivity index is -0.0000000544. The molecule has 0 aromatic heterocycles. The predicted molar refractivity (Wildman–Crippen MR) is 103 cm³/mol. The molecule has 0 amide bonds. The molecule has 0 rings (SSSR count). The monoisotopic (exact) mass is 929 g/mol. The summed E-state index contributed by atoms with van der Waals surface area (Å²) in [6, 6.07) is 0. The Labute approximate surface area is 203 Å². The van der Waals surface area contributed by atoms with E-state index in [2.05, 4.69) is 113 Å². The van der Waals surface area contributed by atoms with Crippen LogP contribution in [0.2, 0.25) is 0 Å². The van der Waals surface area contributed by atoms with E-state index in [0.29, 0.717) is 0 Å². The average molecular weight is 920 g/mol. The van der Waals surface area contributed by atoms with Crippen molar-refractivity contribution in [2.75, 3.05) is 55.4 Å². The van der Waals surface area contributed by atoms with E-state index in [-0.39, 0.29) is 27.3 Å². The quantitative estimate of drug-likeness (QED) is 0.236. The summed E-state index contributed by atoms with van der Waals surface area (Å²) in [6.07, 6.45) is 0. The molecule has 0 aliphatic rings. The van der Waals surface area contributed by atoms with Crippen molar-refractivity contribution in [2.24, 2.45) is 0 Å². The minimum absolute atomic E-state index is 0. The molecule has 0 aromatic rings. The predicted octanol–water partition coefficient (Wildman–Crippen LogP) is -1.62. The third kappa shape index (κ3) is 78.3. The molecular formula is C10H28CdN2Se8. The van der Waals surface area contributed by atoms with E-state index in [1.165, 1.54) is 13.1 Å². The molecule has 0 radical (unpaired) electrons. The Hall–Kier alpha value is 5.00. The van der Waals surface area contributed by atoms with Crippen molar-refractivity contribution >= 4 is 102 Å². The summed E-state index contributed by atoms with van der Waals surface area (Å²) in [4.78, 5) is 0. The van der Waals surface area contributed by atoms with Gasteiger partial charge in [-0.3, -0.25) is 0 Å². The molecule has 0 bridgehead atoms. The van der Waals surface area contributed by atoms with Crippen LogP contribution in [0.5, 0.6) is 0 Å². The number of quaternary nitrogens is 2. The number of hydrogen-bond acceptors (Lipinski definition) is 0. The minimum atomic E-state index is 0. The molecule has 0 fully saturated rings. The maximum atomic E-state index is 2.95. The Morgan fingerprint density at radius 2 is 0.667 bits per heavy atom. The second kappa shape index (κ2) is 27.2. The molecule has 0 unspecified atom stereocenters. The van der Waals surface area contributed by atoms with E-state index in [0.717, 1.165) is 54.2 Å². The molecule has 128 valence electrons. The second-order valence-electron chi connectivity index (χ2n) is 5.49. The van der Waals surface area contributed by atoms with Crippen LogP contribution in [0.1, 0.15) is 13.8 Å². The molecule has 0 N–H and O–H groups in total. The van der Waals surface area contributed by atoms with Crippen LogP contribution in [0.4, 0.5) is 0 Å². The van der Waals surface area contributed by atoms with E-state index in [1.807, 2.05) is 0 Å². The van der Waals surface area contributed by atoms with Gasteiger partial charge in [-0.05, 0) is 13.8 Å². The van der Waals surface area contributed by atoms with Gasteiger partial charge in [0.25, 0.3) is 0 Å². The maximum absolute atomic E-state index is 2.95. The summed E-state index contributed by atoms with van der Waals surface area (Å²) in [7, 11) is 13.1. The fourth-order valence-corrected chi connectivity index (χ4v) is 0. The summed E-state index contributed by atoms with van der Waals surface area (Å²) >= 11 is 15.0. The van der Waals surface area contributed by atoms with Gasteiger partial charge < -0.3 is 8.97 Å². The van der Waals surface area contributed by atoms with Crippen molar-refractivity contribution in [3.8, 4) is 0 Å². The van der Waals surface area contributed by atoms with Gasteiger partial charge >= 0.3 is 129 Å². The fraction of sp³-hybridized carbons (Fsp3) is 1.00. The summed E-state index contributed by atoms with van der Waals surface area (Å²) in [6.45, 7) is 6.78. The van der Waals surface area contributed by atoms with E-state index in [9.17, 15) is 0 Å². The number of hydrogen-bond donors (Lipinski definition) is 0. The summed E-state index contributed by atoms with van der Waals surface area (Å²) in [5.74, 6) is 0. The van der Waals surface area contributed by atoms with Crippen molar-refractivity contribution in [1.82, 2.24) is 0 Å². The first-order valence-electron chi connectivity index (χ1n) is 5.73. The topological polar surface area (TPSA) is 0 Å². The first-order valence-corrected chi connectivity index (χ1v) is 31.7. The van der Waals surface area contributed by atoms with Crippen LogP contribution in [0.15, 0.2) is 0 Å². The Bertz CT molecular complexity index is 142. The van der Waals surface area contributed by atoms with Crippen LogP contribution in [0.3, 0.4) is 0 Å². The molecule has 0 atom stereocenters.